The number of aromatic carboxylic acids is 1. The molecule has 1 aromatic carbocycles. The summed E-state index contributed by atoms with van der Waals surface area (Å²) in [4.78, 5) is 13.5. The van der Waals surface area contributed by atoms with Crippen LogP contribution < -0.4 is 0 Å². The highest BCUT2D eigenvalue weighted by Crippen LogP contribution is 2.34. The molecule has 0 spiro atoms. The number of likely N-dealkylation sites (tertiary alicyclic amines) is 1. The average Bonchev–Trinajstić information content (AvgIpc) is 2.40. The lowest BCUT2D eigenvalue weighted by atomic mass is 9.75. The van der Waals surface area contributed by atoms with Crippen molar-refractivity contribution < 1.29 is 14.3 Å². The summed E-state index contributed by atoms with van der Waals surface area (Å²) in [6.45, 7) is 9.34. The van der Waals surface area contributed by atoms with E-state index >= 15 is 0 Å². The van der Waals surface area contributed by atoms with Crippen LogP contribution in [0.4, 0.5) is 4.39 Å². The van der Waals surface area contributed by atoms with Crippen LogP contribution in [0.25, 0.3) is 0 Å². The Balaban J connectivity index is 2.03. The molecule has 0 unspecified atom stereocenters. The van der Waals surface area contributed by atoms with E-state index < -0.39 is 11.8 Å². The molecule has 3 nitrogen and oxygen atoms in total. The van der Waals surface area contributed by atoms with Gasteiger partial charge in [0.2, 0.25) is 0 Å². The molecule has 21 heavy (non-hydrogen) atoms. The second-order valence-corrected chi connectivity index (χ2v) is 7.02. The number of hydrogen-bond donors (Lipinski definition) is 1. The first-order valence-electron chi connectivity index (χ1n) is 7.51. The number of benzene rings is 1. The Kier molecular flexibility index (Phi) is 4.67. The van der Waals surface area contributed by atoms with Crippen molar-refractivity contribution in [3.8, 4) is 0 Å². The summed E-state index contributed by atoms with van der Waals surface area (Å²) < 4.78 is 13.2. The summed E-state index contributed by atoms with van der Waals surface area (Å²) in [5.74, 6) is -0.849. The molecule has 1 fully saturated rings. The highest BCUT2D eigenvalue weighted by Gasteiger charge is 2.29. The third-order valence-corrected chi connectivity index (χ3v) is 4.51. The van der Waals surface area contributed by atoms with Gasteiger partial charge in [-0.1, -0.05) is 26.8 Å². The maximum Gasteiger partial charge on any atom is 0.336 e. The molecule has 1 N–H and O–H groups in total. The average molecular weight is 293 g/mol. The first-order valence-corrected chi connectivity index (χ1v) is 7.51. The van der Waals surface area contributed by atoms with Gasteiger partial charge in [0.05, 0.1) is 5.56 Å². The highest BCUT2D eigenvalue weighted by molar-refractivity contribution is 5.89. The second kappa shape index (κ2) is 6.14. The summed E-state index contributed by atoms with van der Waals surface area (Å²) in [6.07, 6.45) is 2.26. The zero-order chi connectivity index (χ0) is 15.6. The van der Waals surface area contributed by atoms with Crippen LogP contribution in [-0.2, 0) is 6.54 Å². The number of hydrogen-bond acceptors (Lipinski definition) is 2. The topological polar surface area (TPSA) is 40.5 Å². The summed E-state index contributed by atoms with van der Waals surface area (Å²) >= 11 is 0. The Morgan fingerprint density at radius 1 is 1.33 bits per heavy atom. The molecule has 1 saturated heterocycles. The van der Waals surface area contributed by atoms with Crippen molar-refractivity contribution in [1.29, 1.82) is 0 Å². The van der Waals surface area contributed by atoms with Crippen molar-refractivity contribution in [3.63, 3.8) is 0 Å². The molecule has 0 aliphatic carbocycles. The summed E-state index contributed by atoms with van der Waals surface area (Å²) in [5, 5.41) is 9.18. The zero-order valence-electron chi connectivity index (χ0n) is 13.0. The normalized spacial score (nSPS) is 17.9. The van der Waals surface area contributed by atoms with Crippen molar-refractivity contribution in [2.24, 2.45) is 11.3 Å². The van der Waals surface area contributed by atoms with E-state index in [0.717, 1.165) is 32.0 Å². The summed E-state index contributed by atoms with van der Waals surface area (Å²) in [6, 6.07) is 4.04. The fraction of sp³-hybridized carbons (Fsp3) is 0.588. The zero-order valence-corrected chi connectivity index (χ0v) is 13.0. The SMILES string of the molecule is CC(C)(C)C1CCN(Cc2ccc(F)cc2C(=O)O)CC1. The van der Waals surface area contributed by atoms with Gasteiger partial charge in [-0.05, 0) is 55.0 Å². The van der Waals surface area contributed by atoms with Gasteiger partial charge in [-0.15, -0.1) is 0 Å². The van der Waals surface area contributed by atoms with Crippen molar-refractivity contribution in [2.75, 3.05) is 13.1 Å². The molecule has 0 radical (unpaired) electrons. The predicted octanol–water partition coefficient (Wildman–Crippen LogP) is 3.78. The largest absolute Gasteiger partial charge is 0.478 e. The van der Waals surface area contributed by atoms with E-state index in [1.54, 1.807) is 6.07 Å². The summed E-state index contributed by atoms with van der Waals surface area (Å²) in [7, 11) is 0. The van der Waals surface area contributed by atoms with Crippen LogP contribution in [-0.4, -0.2) is 29.1 Å². The molecule has 0 atom stereocenters. The molecule has 0 bridgehead atoms. The van der Waals surface area contributed by atoms with Crippen LogP contribution >= 0.6 is 0 Å². The van der Waals surface area contributed by atoms with Crippen LogP contribution in [0, 0.1) is 17.2 Å². The molecule has 0 saturated carbocycles. The van der Waals surface area contributed by atoms with Gasteiger partial charge in [-0.25, -0.2) is 9.18 Å². The molecule has 0 aromatic heterocycles. The number of carboxylic acid groups (broad SMARTS) is 1. The lowest BCUT2D eigenvalue weighted by Gasteiger charge is -2.38. The molecule has 1 aliphatic rings. The molecule has 2 rings (SSSR count). The molecule has 1 aromatic rings. The van der Waals surface area contributed by atoms with Gasteiger partial charge in [0.25, 0.3) is 0 Å². The number of piperidine rings is 1. The minimum atomic E-state index is -1.06. The number of rotatable bonds is 3. The molecule has 116 valence electrons. The molecular weight excluding hydrogens is 269 g/mol. The van der Waals surface area contributed by atoms with Gasteiger partial charge in [0, 0.05) is 6.54 Å². The van der Waals surface area contributed by atoms with Crippen molar-refractivity contribution >= 4 is 5.97 Å². The Morgan fingerprint density at radius 2 is 1.95 bits per heavy atom. The van der Waals surface area contributed by atoms with Gasteiger partial charge in [-0.3, -0.25) is 4.90 Å². The van der Waals surface area contributed by atoms with E-state index in [4.69, 9.17) is 0 Å². The quantitative estimate of drug-likeness (QED) is 0.922. The third kappa shape index (κ3) is 4.03. The monoisotopic (exact) mass is 293 g/mol. The summed E-state index contributed by atoms with van der Waals surface area (Å²) in [5.41, 5.74) is 1.10. The molecule has 4 heteroatoms. The van der Waals surface area contributed by atoms with Crippen LogP contribution in [0.2, 0.25) is 0 Å². The highest BCUT2D eigenvalue weighted by atomic mass is 19.1. The fourth-order valence-electron chi connectivity index (χ4n) is 3.08. The predicted molar refractivity (Wildman–Crippen MR) is 80.8 cm³/mol. The van der Waals surface area contributed by atoms with Crippen molar-refractivity contribution in [2.45, 2.75) is 40.2 Å². The van der Waals surface area contributed by atoms with Crippen LogP contribution in [0.3, 0.4) is 0 Å². The minimum Gasteiger partial charge on any atom is -0.478 e. The van der Waals surface area contributed by atoms with E-state index in [2.05, 4.69) is 25.7 Å². The van der Waals surface area contributed by atoms with E-state index in [1.807, 2.05) is 0 Å². The van der Waals surface area contributed by atoms with Crippen molar-refractivity contribution in [1.82, 2.24) is 4.90 Å². The fourth-order valence-corrected chi connectivity index (χ4v) is 3.08. The number of nitrogens with zero attached hydrogens (tertiary/aromatic N) is 1. The molecule has 0 amide bonds. The number of carboxylic acids is 1. The van der Waals surface area contributed by atoms with Gasteiger partial charge in [0.15, 0.2) is 0 Å². The lowest BCUT2D eigenvalue weighted by molar-refractivity contribution is 0.0691. The van der Waals surface area contributed by atoms with E-state index in [0.29, 0.717) is 23.4 Å². The number of halogens is 1. The lowest BCUT2D eigenvalue weighted by Crippen LogP contribution is -2.37. The molecule has 1 aliphatic heterocycles. The Morgan fingerprint density at radius 3 is 2.48 bits per heavy atom. The van der Waals surface area contributed by atoms with Gasteiger partial charge in [-0.2, -0.15) is 0 Å². The third-order valence-electron chi connectivity index (χ3n) is 4.51. The molecule has 1 heterocycles. The van der Waals surface area contributed by atoms with Crippen LogP contribution in [0.1, 0.15) is 49.5 Å². The van der Waals surface area contributed by atoms with E-state index in [9.17, 15) is 14.3 Å². The van der Waals surface area contributed by atoms with E-state index in [1.165, 1.54) is 6.07 Å². The van der Waals surface area contributed by atoms with Gasteiger partial charge in [0.1, 0.15) is 5.82 Å². The van der Waals surface area contributed by atoms with Gasteiger partial charge >= 0.3 is 5.97 Å². The maximum atomic E-state index is 13.2. The van der Waals surface area contributed by atoms with E-state index in [-0.39, 0.29) is 5.56 Å². The molecular formula is C17H24FNO2. The number of carbonyl (C=O) groups is 1. The van der Waals surface area contributed by atoms with Crippen molar-refractivity contribution in [3.05, 3.63) is 35.1 Å². The Labute approximate surface area is 125 Å². The first-order chi connectivity index (χ1) is 9.77. The standard InChI is InChI=1S/C17H24FNO2/c1-17(2,3)13-6-8-19(9-7-13)11-12-4-5-14(18)10-15(12)16(20)21/h4-5,10,13H,6-9,11H2,1-3H3,(H,20,21). The minimum absolute atomic E-state index is 0.0768. The maximum absolute atomic E-state index is 13.2. The van der Waals surface area contributed by atoms with Crippen LogP contribution in [0.5, 0.6) is 0 Å². The smallest absolute Gasteiger partial charge is 0.336 e. The first kappa shape index (κ1) is 16.0. The Hall–Kier alpha value is -1.42. The van der Waals surface area contributed by atoms with Gasteiger partial charge < -0.3 is 5.11 Å². The second-order valence-electron chi connectivity index (χ2n) is 7.02. The Bertz CT molecular complexity index is 514. The van der Waals surface area contributed by atoms with Crippen LogP contribution in [0.15, 0.2) is 18.2 Å².